The van der Waals surface area contributed by atoms with Crippen molar-refractivity contribution in [3.05, 3.63) is 36.3 Å². The minimum Gasteiger partial charge on any atom is -0.367 e. The van der Waals surface area contributed by atoms with E-state index in [1.165, 1.54) is 6.07 Å². The van der Waals surface area contributed by atoms with Crippen molar-refractivity contribution in [2.24, 2.45) is 0 Å². The van der Waals surface area contributed by atoms with Crippen LogP contribution < -0.4 is 5.32 Å². The number of rotatable bonds is 4. The maximum Gasteiger partial charge on any atom is 0.165 e. The molecule has 0 aliphatic heterocycles. The molecule has 0 aliphatic carbocycles. The number of pyridine rings is 1. The van der Waals surface area contributed by atoms with Crippen LogP contribution in [0.3, 0.4) is 0 Å². The summed E-state index contributed by atoms with van der Waals surface area (Å²) in [4.78, 5) is 3.87. The maximum atomic E-state index is 13.0. The summed E-state index contributed by atoms with van der Waals surface area (Å²) in [5.41, 5.74) is 0. The van der Waals surface area contributed by atoms with Gasteiger partial charge in [-0.2, -0.15) is 0 Å². The highest BCUT2D eigenvalue weighted by molar-refractivity contribution is 5.35. The molecule has 3 heteroatoms. The van der Waals surface area contributed by atoms with Gasteiger partial charge >= 0.3 is 0 Å². The second-order valence-electron chi connectivity index (χ2n) is 2.62. The minimum atomic E-state index is -0.303. The van der Waals surface area contributed by atoms with E-state index in [4.69, 9.17) is 0 Å². The van der Waals surface area contributed by atoms with Crippen molar-refractivity contribution in [1.82, 2.24) is 4.98 Å². The first-order valence-electron chi connectivity index (χ1n) is 4.30. The zero-order valence-electron chi connectivity index (χ0n) is 7.63. The van der Waals surface area contributed by atoms with Crippen molar-refractivity contribution in [1.29, 1.82) is 0 Å². The number of anilines is 1. The van der Waals surface area contributed by atoms with Gasteiger partial charge in [0.25, 0.3) is 0 Å². The van der Waals surface area contributed by atoms with E-state index >= 15 is 0 Å². The molecule has 1 aromatic rings. The van der Waals surface area contributed by atoms with E-state index in [0.717, 1.165) is 6.42 Å². The van der Waals surface area contributed by atoms with E-state index in [-0.39, 0.29) is 5.82 Å². The van der Waals surface area contributed by atoms with Crippen LogP contribution in [0.15, 0.2) is 30.5 Å². The second kappa shape index (κ2) is 5.30. The molecule has 0 aromatic carbocycles. The second-order valence-corrected chi connectivity index (χ2v) is 2.62. The Kier molecular flexibility index (Phi) is 3.96. The summed E-state index contributed by atoms with van der Waals surface area (Å²) in [6.45, 7) is 2.67. The molecule has 1 aromatic heterocycles. The molecule has 0 saturated carbocycles. The molecule has 0 fully saturated rings. The molecule has 0 saturated heterocycles. The van der Waals surface area contributed by atoms with Crippen LogP contribution in [0.2, 0.25) is 0 Å². The van der Waals surface area contributed by atoms with Crippen molar-refractivity contribution < 1.29 is 4.39 Å². The van der Waals surface area contributed by atoms with Crippen molar-refractivity contribution in [3.63, 3.8) is 0 Å². The maximum absolute atomic E-state index is 13.0. The van der Waals surface area contributed by atoms with Gasteiger partial charge in [0, 0.05) is 12.7 Å². The monoisotopic (exact) mass is 180 g/mol. The highest BCUT2D eigenvalue weighted by Crippen LogP contribution is 2.07. The quantitative estimate of drug-likeness (QED) is 0.569. The first-order chi connectivity index (χ1) is 6.34. The summed E-state index contributed by atoms with van der Waals surface area (Å²) in [6.07, 6.45) is 6.44. The van der Waals surface area contributed by atoms with Crippen molar-refractivity contribution >= 4 is 5.82 Å². The average Bonchev–Trinajstić information content (AvgIpc) is 2.15. The Morgan fingerprint density at radius 1 is 1.62 bits per heavy atom. The summed E-state index contributed by atoms with van der Waals surface area (Å²) in [6, 6.07) is 2.97. The van der Waals surface area contributed by atoms with Crippen LogP contribution >= 0.6 is 0 Å². The van der Waals surface area contributed by atoms with Crippen molar-refractivity contribution in [3.8, 4) is 0 Å². The summed E-state index contributed by atoms with van der Waals surface area (Å²) < 4.78 is 13.0. The zero-order valence-corrected chi connectivity index (χ0v) is 7.63. The Morgan fingerprint density at radius 2 is 2.46 bits per heavy atom. The van der Waals surface area contributed by atoms with Crippen molar-refractivity contribution in [2.45, 2.75) is 13.3 Å². The van der Waals surface area contributed by atoms with Gasteiger partial charge in [0.05, 0.1) is 0 Å². The molecule has 0 radical (unpaired) electrons. The van der Waals surface area contributed by atoms with E-state index in [9.17, 15) is 4.39 Å². The largest absolute Gasteiger partial charge is 0.367 e. The Hall–Kier alpha value is -1.38. The fourth-order valence-electron chi connectivity index (χ4n) is 0.956. The predicted octanol–water partition coefficient (Wildman–Crippen LogP) is 2.60. The molecule has 0 amide bonds. The highest BCUT2D eigenvalue weighted by Gasteiger charge is 1.98. The van der Waals surface area contributed by atoms with Gasteiger partial charge in [0.1, 0.15) is 0 Å². The standard InChI is InChI=1S/C10H13FN2/c1-2-3-4-7-12-10-9(11)6-5-8-13-10/h2-3,5-6,8H,4,7H2,1H3,(H,12,13)/b3-2+. The van der Waals surface area contributed by atoms with Crippen molar-refractivity contribution in [2.75, 3.05) is 11.9 Å². The minimum absolute atomic E-state index is 0.303. The third-order valence-electron chi connectivity index (χ3n) is 1.60. The molecule has 2 nitrogen and oxygen atoms in total. The highest BCUT2D eigenvalue weighted by atomic mass is 19.1. The van der Waals surface area contributed by atoms with Gasteiger partial charge in [0.2, 0.25) is 0 Å². The van der Waals surface area contributed by atoms with Crippen LogP contribution in [-0.2, 0) is 0 Å². The zero-order chi connectivity index (χ0) is 9.52. The Morgan fingerprint density at radius 3 is 3.15 bits per heavy atom. The number of nitrogens with zero attached hydrogens (tertiary/aromatic N) is 1. The first kappa shape index (κ1) is 9.71. The van der Waals surface area contributed by atoms with Gasteiger partial charge in [-0.1, -0.05) is 12.2 Å². The first-order valence-corrected chi connectivity index (χ1v) is 4.30. The van der Waals surface area contributed by atoms with Gasteiger partial charge in [-0.05, 0) is 25.5 Å². The van der Waals surface area contributed by atoms with Gasteiger partial charge in [-0.3, -0.25) is 0 Å². The fourth-order valence-corrected chi connectivity index (χ4v) is 0.956. The smallest absolute Gasteiger partial charge is 0.165 e. The lowest BCUT2D eigenvalue weighted by atomic mass is 10.3. The third kappa shape index (κ3) is 3.23. The molecular weight excluding hydrogens is 167 g/mol. The molecular formula is C10H13FN2. The van der Waals surface area contributed by atoms with E-state index in [0.29, 0.717) is 12.4 Å². The molecule has 70 valence electrons. The summed E-state index contributed by atoms with van der Waals surface area (Å²) >= 11 is 0. The lowest BCUT2D eigenvalue weighted by Gasteiger charge is -2.03. The lowest BCUT2D eigenvalue weighted by molar-refractivity contribution is 0.624. The summed E-state index contributed by atoms with van der Waals surface area (Å²) in [7, 11) is 0. The van der Waals surface area contributed by atoms with Crippen LogP contribution in [0.5, 0.6) is 0 Å². The van der Waals surface area contributed by atoms with Crippen LogP contribution in [0, 0.1) is 5.82 Å². The molecule has 1 N–H and O–H groups in total. The van der Waals surface area contributed by atoms with E-state index in [1.54, 1.807) is 12.3 Å². The van der Waals surface area contributed by atoms with Crippen LogP contribution in [0.4, 0.5) is 10.2 Å². The summed E-state index contributed by atoms with van der Waals surface area (Å²) in [5.74, 6) is 0.0231. The SMILES string of the molecule is C/C=C/CCNc1ncccc1F. The topological polar surface area (TPSA) is 24.9 Å². The summed E-state index contributed by atoms with van der Waals surface area (Å²) in [5, 5.41) is 2.91. The molecule has 13 heavy (non-hydrogen) atoms. The van der Waals surface area contributed by atoms with Crippen LogP contribution in [0.1, 0.15) is 13.3 Å². The number of allylic oxidation sites excluding steroid dienone is 1. The molecule has 0 aliphatic rings. The number of nitrogens with one attached hydrogen (secondary N) is 1. The average molecular weight is 180 g/mol. The van der Waals surface area contributed by atoms with E-state index in [1.807, 2.05) is 19.1 Å². The predicted molar refractivity (Wildman–Crippen MR) is 52.1 cm³/mol. The number of hydrogen-bond acceptors (Lipinski definition) is 2. The third-order valence-corrected chi connectivity index (χ3v) is 1.60. The molecule has 1 heterocycles. The molecule has 0 atom stereocenters. The van der Waals surface area contributed by atoms with E-state index in [2.05, 4.69) is 10.3 Å². The Bertz CT molecular complexity index is 284. The molecule has 0 spiro atoms. The van der Waals surface area contributed by atoms with E-state index < -0.39 is 0 Å². The van der Waals surface area contributed by atoms with Gasteiger partial charge in [-0.25, -0.2) is 9.37 Å². The number of hydrogen-bond donors (Lipinski definition) is 1. The van der Waals surface area contributed by atoms with Gasteiger partial charge in [0.15, 0.2) is 11.6 Å². The molecule has 0 unspecified atom stereocenters. The molecule has 0 bridgehead atoms. The lowest BCUT2D eigenvalue weighted by Crippen LogP contribution is -2.03. The normalized spacial score (nSPS) is 10.6. The fraction of sp³-hybridized carbons (Fsp3) is 0.300. The Balaban J connectivity index is 2.41. The van der Waals surface area contributed by atoms with Gasteiger partial charge in [-0.15, -0.1) is 0 Å². The number of halogens is 1. The van der Waals surface area contributed by atoms with Crippen LogP contribution in [0.25, 0.3) is 0 Å². The van der Waals surface area contributed by atoms with Crippen LogP contribution in [-0.4, -0.2) is 11.5 Å². The Labute approximate surface area is 77.5 Å². The van der Waals surface area contributed by atoms with Gasteiger partial charge < -0.3 is 5.32 Å². The molecule has 1 rings (SSSR count). The number of aromatic nitrogens is 1.